The number of aliphatic hydroxyl groups excluding tert-OH is 1. The van der Waals surface area contributed by atoms with Crippen LogP contribution in [0.2, 0.25) is 0 Å². The minimum absolute atomic E-state index is 0.0512. The summed E-state index contributed by atoms with van der Waals surface area (Å²) in [5, 5.41) is 28.0. The van der Waals surface area contributed by atoms with Crippen LogP contribution in [-0.4, -0.2) is 47.9 Å². The van der Waals surface area contributed by atoms with Crippen LogP contribution in [0.25, 0.3) is 0 Å². The van der Waals surface area contributed by atoms with Crippen LogP contribution in [0, 0.1) is 17.2 Å². The molecule has 132 valence electrons. The average Bonchev–Trinajstić information content (AvgIpc) is 3.05. The summed E-state index contributed by atoms with van der Waals surface area (Å²) in [6, 6.07) is 1.84. The fraction of sp³-hybridized carbons (Fsp3) is 0.385. The summed E-state index contributed by atoms with van der Waals surface area (Å²) >= 11 is 4.81. The predicted octanol–water partition coefficient (Wildman–Crippen LogP) is 1.26. The number of β-lactam (4-membered cyclic amide) rings is 1. The van der Waals surface area contributed by atoms with E-state index in [9.17, 15) is 24.6 Å². The van der Waals surface area contributed by atoms with E-state index in [0.717, 1.165) is 11.5 Å². The van der Waals surface area contributed by atoms with Gasteiger partial charge in [0, 0.05) is 0 Å². The maximum absolute atomic E-state index is 12.1. The smallest absolute Gasteiger partial charge is 0.354 e. The van der Waals surface area contributed by atoms with Crippen molar-refractivity contribution < 1.29 is 19.8 Å². The minimum atomic E-state index is -1.19. The second-order valence-corrected chi connectivity index (χ2v) is 9.94. The molecule has 1 fully saturated rings. The van der Waals surface area contributed by atoms with Gasteiger partial charge in [-0.1, -0.05) is 23.3 Å². The van der Waals surface area contributed by atoms with Crippen LogP contribution in [0.5, 0.6) is 0 Å². The van der Waals surface area contributed by atoms with Crippen molar-refractivity contribution >= 4 is 58.7 Å². The number of carboxylic acids is 1. The summed E-state index contributed by atoms with van der Waals surface area (Å²) in [4.78, 5) is 36.3. The Morgan fingerprint density at radius 2 is 2.20 bits per heavy atom. The van der Waals surface area contributed by atoms with Gasteiger partial charge < -0.3 is 10.2 Å². The summed E-state index contributed by atoms with van der Waals surface area (Å²) in [5.74, 6) is -2.18. The summed E-state index contributed by atoms with van der Waals surface area (Å²) < 4.78 is 3.52. The first kappa shape index (κ1) is 18.4. The number of fused-ring (bicyclic) bond motifs is 1. The third kappa shape index (κ3) is 3.11. The third-order valence-electron chi connectivity index (χ3n) is 3.63. The number of nitriles is 1. The fourth-order valence-corrected chi connectivity index (χ4v) is 7.81. The van der Waals surface area contributed by atoms with Gasteiger partial charge in [-0.15, -0.1) is 23.5 Å². The number of amides is 1. The Bertz CT molecular complexity index is 868. The Hall–Kier alpha value is -1.39. The number of thioether (sulfide) groups is 3. The first-order valence-electron chi connectivity index (χ1n) is 6.89. The molecule has 2 aliphatic heterocycles. The highest BCUT2D eigenvalue weighted by molar-refractivity contribution is 8.28. The molecule has 0 radical (unpaired) electrons. The van der Waals surface area contributed by atoms with E-state index in [2.05, 4.69) is 4.37 Å². The standard InChI is InChI=1S/C13H11N3O5S4/c1-4(17)6-9(19)16-7(11(20)21)13(24-10(6)16)23-3-22-12-5(2-14)8(18)15-25-12/h4,6,10,17H,3H2,1H3,(H,15,18)(H,20,21)/t4?,6-,10+/m0/s1. The number of aromatic nitrogens is 1. The van der Waals surface area contributed by atoms with Crippen molar-refractivity contribution in [2.75, 3.05) is 5.08 Å². The molecule has 0 spiro atoms. The maximum atomic E-state index is 12.1. The Labute approximate surface area is 158 Å². The molecule has 3 heterocycles. The number of carboxylic acid groups (broad SMARTS) is 1. The lowest BCUT2D eigenvalue weighted by molar-refractivity contribution is -0.156. The molecule has 0 bridgehead atoms. The zero-order chi connectivity index (χ0) is 18.3. The van der Waals surface area contributed by atoms with Crippen LogP contribution in [0.15, 0.2) is 18.9 Å². The van der Waals surface area contributed by atoms with Gasteiger partial charge in [-0.2, -0.15) is 5.26 Å². The topological polar surface area (TPSA) is 134 Å². The molecule has 0 saturated carbocycles. The summed E-state index contributed by atoms with van der Waals surface area (Å²) in [6.07, 6.45) is -0.842. The maximum Gasteiger partial charge on any atom is 0.354 e. The van der Waals surface area contributed by atoms with Gasteiger partial charge in [0.2, 0.25) is 5.91 Å². The van der Waals surface area contributed by atoms with Gasteiger partial charge in [0.25, 0.3) is 5.56 Å². The van der Waals surface area contributed by atoms with Crippen molar-refractivity contribution in [3.63, 3.8) is 0 Å². The molecule has 8 nitrogen and oxygen atoms in total. The van der Waals surface area contributed by atoms with Crippen LogP contribution in [0.3, 0.4) is 0 Å². The second-order valence-electron chi connectivity index (χ2n) is 5.14. The Kier molecular flexibility index (Phi) is 5.21. The summed E-state index contributed by atoms with van der Waals surface area (Å²) in [5.41, 5.74) is -0.448. The molecule has 1 aromatic rings. The van der Waals surface area contributed by atoms with E-state index in [4.69, 9.17) is 5.26 Å². The highest BCUT2D eigenvalue weighted by Crippen LogP contribution is 2.54. The number of nitrogens with one attached hydrogen (secondary N) is 1. The molecular formula is C13H11N3O5S4. The average molecular weight is 418 g/mol. The summed E-state index contributed by atoms with van der Waals surface area (Å²) in [6.45, 7) is 1.51. The molecule has 1 aromatic heterocycles. The molecule has 3 rings (SSSR count). The Balaban J connectivity index is 1.72. The number of carbonyl (C=O) groups is 2. The lowest BCUT2D eigenvalue weighted by Crippen LogP contribution is -2.60. The van der Waals surface area contributed by atoms with Crippen molar-refractivity contribution in [3.8, 4) is 6.07 Å². The van der Waals surface area contributed by atoms with Crippen molar-refractivity contribution in [2.45, 2.75) is 22.6 Å². The van der Waals surface area contributed by atoms with Gasteiger partial charge in [0.15, 0.2) is 5.70 Å². The van der Waals surface area contributed by atoms with Crippen molar-refractivity contribution in [1.29, 1.82) is 5.26 Å². The van der Waals surface area contributed by atoms with Gasteiger partial charge in [0.05, 0.1) is 21.3 Å². The molecule has 1 unspecified atom stereocenters. The van der Waals surface area contributed by atoms with Gasteiger partial charge in [-0.3, -0.25) is 18.9 Å². The fourth-order valence-electron chi connectivity index (χ4n) is 2.47. The number of rotatable bonds is 6. The monoisotopic (exact) mass is 417 g/mol. The molecule has 1 saturated heterocycles. The van der Waals surface area contributed by atoms with Gasteiger partial charge in [-0.05, 0) is 6.92 Å². The van der Waals surface area contributed by atoms with Crippen LogP contribution in [0.1, 0.15) is 12.5 Å². The van der Waals surface area contributed by atoms with Crippen molar-refractivity contribution in [1.82, 2.24) is 9.27 Å². The SMILES string of the molecule is CC(O)[C@H]1C(=O)N2C(C(=O)O)=C(SCSc3s[nH]c(=O)c3C#N)S[C@H]12. The Morgan fingerprint density at radius 1 is 1.48 bits per heavy atom. The zero-order valence-electron chi connectivity index (χ0n) is 12.6. The number of hydrogen-bond donors (Lipinski definition) is 3. The lowest BCUT2D eigenvalue weighted by atomic mass is 9.92. The quantitative estimate of drug-likeness (QED) is 0.355. The molecule has 3 N–H and O–H groups in total. The van der Waals surface area contributed by atoms with E-state index < -0.39 is 28.9 Å². The largest absolute Gasteiger partial charge is 0.477 e. The molecule has 3 atom stereocenters. The van der Waals surface area contributed by atoms with Gasteiger partial charge >= 0.3 is 5.97 Å². The first-order valence-corrected chi connectivity index (χ1v) is 10.6. The number of carbonyl (C=O) groups excluding carboxylic acids is 1. The number of nitrogens with zero attached hydrogens (tertiary/aromatic N) is 2. The van der Waals surface area contributed by atoms with E-state index >= 15 is 0 Å². The van der Waals surface area contributed by atoms with E-state index in [-0.39, 0.29) is 17.2 Å². The van der Waals surface area contributed by atoms with Crippen LogP contribution in [-0.2, 0) is 9.59 Å². The molecule has 1 amide bonds. The molecule has 2 aliphatic rings. The predicted molar refractivity (Wildman–Crippen MR) is 96.0 cm³/mol. The molecular weight excluding hydrogens is 406 g/mol. The lowest BCUT2D eigenvalue weighted by Gasteiger charge is -2.43. The van der Waals surface area contributed by atoms with Crippen molar-refractivity contribution in [3.05, 3.63) is 25.9 Å². The molecule has 0 aromatic carbocycles. The number of aliphatic carboxylic acids is 1. The van der Waals surface area contributed by atoms with E-state index in [1.54, 1.807) is 0 Å². The number of aromatic amines is 1. The first-order chi connectivity index (χ1) is 11.9. The normalized spacial score (nSPS) is 23.2. The van der Waals surface area contributed by atoms with Crippen LogP contribution >= 0.6 is 46.8 Å². The number of aliphatic hydroxyl groups is 1. The zero-order valence-corrected chi connectivity index (χ0v) is 15.9. The third-order valence-corrected chi connectivity index (χ3v) is 8.57. The Morgan fingerprint density at radius 3 is 2.80 bits per heavy atom. The molecule has 0 aliphatic carbocycles. The van der Waals surface area contributed by atoms with Crippen LogP contribution < -0.4 is 5.56 Å². The molecule has 12 heteroatoms. The highest BCUT2D eigenvalue weighted by atomic mass is 32.2. The van der Waals surface area contributed by atoms with E-state index in [1.807, 2.05) is 6.07 Å². The highest BCUT2D eigenvalue weighted by Gasteiger charge is 2.57. The summed E-state index contributed by atoms with van der Waals surface area (Å²) in [7, 11) is 0. The second kappa shape index (κ2) is 7.08. The number of hydrogen-bond acceptors (Lipinski definition) is 9. The molecule has 25 heavy (non-hydrogen) atoms. The van der Waals surface area contributed by atoms with Crippen molar-refractivity contribution in [2.24, 2.45) is 5.92 Å². The van der Waals surface area contributed by atoms with Gasteiger partial charge in [0.1, 0.15) is 21.2 Å². The van der Waals surface area contributed by atoms with E-state index in [0.29, 0.717) is 13.5 Å². The van der Waals surface area contributed by atoms with Crippen LogP contribution in [0.4, 0.5) is 0 Å². The number of H-pyrrole nitrogens is 1. The van der Waals surface area contributed by atoms with E-state index in [1.165, 1.54) is 47.1 Å². The van der Waals surface area contributed by atoms with Gasteiger partial charge in [-0.25, -0.2) is 4.79 Å². The minimum Gasteiger partial charge on any atom is -0.477 e.